The lowest BCUT2D eigenvalue weighted by atomic mass is 10.0. The van der Waals surface area contributed by atoms with Crippen molar-refractivity contribution in [1.82, 2.24) is 9.80 Å². The molecule has 1 N–H and O–H groups in total. The molecule has 166 valence electrons. The van der Waals surface area contributed by atoms with Crippen LogP contribution < -0.4 is 9.47 Å². The van der Waals surface area contributed by atoms with E-state index in [-0.39, 0.29) is 24.7 Å². The maximum absolute atomic E-state index is 13.4. The van der Waals surface area contributed by atoms with E-state index in [1.165, 1.54) is 25.7 Å². The van der Waals surface area contributed by atoms with Gasteiger partial charge in [0.1, 0.15) is 17.6 Å². The van der Waals surface area contributed by atoms with Crippen LogP contribution in [0.2, 0.25) is 0 Å². The van der Waals surface area contributed by atoms with Crippen LogP contribution >= 0.6 is 0 Å². The second-order valence-corrected chi connectivity index (χ2v) is 8.98. The van der Waals surface area contributed by atoms with Gasteiger partial charge in [0.25, 0.3) is 5.91 Å². The van der Waals surface area contributed by atoms with Gasteiger partial charge in [0.2, 0.25) is 0 Å². The Kier molecular flexibility index (Phi) is 7.16. The summed E-state index contributed by atoms with van der Waals surface area (Å²) in [5.74, 6) is 1.23. The fraction of sp³-hybridized carbons (Fsp3) is 0.708. The summed E-state index contributed by atoms with van der Waals surface area (Å²) in [6, 6.07) is 6.17. The maximum Gasteiger partial charge on any atom is 0.258 e. The highest BCUT2D eigenvalue weighted by Crippen LogP contribution is 2.32. The quantitative estimate of drug-likeness (QED) is 0.769. The van der Waals surface area contributed by atoms with Gasteiger partial charge in [0, 0.05) is 25.7 Å². The van der Waals surface area contributed by atoms with Crippen molar-refractivity contribution in [3.63, 3.8) is 0 Å². The fourth-order valence-corrected chi connectivity index (χ4v) is 5.33. The summed E-state index contributed by atoms with van der Waals surface area (Å²) in [7, 11) is 1.61. The second-order valence-electron chi connectivity index (χ2n) is 8.98. The van der Waals surface area contributed by atoms with Crippen LogP contribution in [0, 0.1) is 0 Å². The molecule has 2 saturated heterocycles. The molecule has 0 unspecified atom stereocenters. The van der Waals surface area contributed by atoms with Crippen LogP contribution in [0.5, 0.6) is 11.5 Å². The molecule has 1 amide bonds. The number of amides is 1. The van der Waals surface area contributed by atoms with Gasteiger partial charge in [-0.25, -0.2) is 0 Å². The molecule has 3 aliphatic rings. The molecule has 1 saturated carbocycles. The van der Waals surface area contributed by atoms with Crippen LogP contribution in [0.4, 0.5) is 0 Å². The minimum atomic E-state index is -0.111. The first-order chi connectivity index (χ1) is 14.7. The zero-order chi connectivity index (χ0) is 20.9. The Balaban J connectivity index is 1.46. The Morgan fingerprint density at radius 3 is 2.47 bits per heavy atom. The highest BCUT2D eigenvalue weighted by Gasteiger charge is 2.31. The first-order valence-corrected chi connectivity index (χ1v) is 11.7. The van der Waals surface area contributed by atoms with Gasteiger partial charge in [-0.3, -0.25) is 4.79 Å². The van der Waals surface area contributed by atoms with E-state index in [1.54, 1.807) is 13.2 Å². The smallest absolute Gasteiger partial charge is 0.258 e. The highest BCUT2D eigenvalue weighted by atomic mass is 16.5. The molecule has 0 aromatic heterocycles. The van der Waals surface area contributed by atoms with Gasteiger partial charge < -0.3 is 24.4 Å². The predicted molar refractivity (Wildman–Crippen MR) is 116 cm³/mol. The molecular weight excluding hydrogens is 380 g/mol. The third kappa shape index (κ3) is 4.75. The summed E-state index contributed by atoms with van der Waals surface area (Å²) in [4.78, 5) is 17.8. The largest absolute Gasteiger partial charge is 0.497 e. The lowest BCUT2D eigenvalue weighted by Gasteiger charge is -2.37. The number of aliphatic hydroxyl groups excluding tert-OH is 1. The Hall–Kier alpha value is -1.79. The van der Waals surface area contributed by atoms with Gasteiger partial charge >= 0.3 is 0 Å². The molecule has 1 aliphatic carbocycles. The molecule has 0 bridgehead atoms. The number of hydrogen-bond donors (Lipinski definition) is 1. The van der Waals surface area contributed by atoms with Gasteiger partial charge in [-0.1, -0.05) is 12.8 Å². The Bertz CT molecular complexity index is 711. The topological polar surface area (TPSA) is 62.2 Å². The average molecular weight is 417 g/mol. The molecule has 2 aliphatic heterocycles. The lowest BCUT2D eigenvalue weighted by molar-refractivity contribution is 0.0485. The van der Waals surface area contributed by atoms with E-state index in [2.05, 4.69) is 4.90 Å². The number of carbonyl (C=O) groups is 1. The third-order valence-electron chi connectivity index (χ3n) is 7.13. The molecule has 1 aromatic carbocycles. The molecule has 4 rings (SSSR count). The Morgan fingerprint density at radius 1 is 1.03 bits per heavy atom. The third-order valence-corrected chi connectivity index (χ3v) is 7.13. The van der Waals surface area contributed by atoms with Crippen LogP contribution in [0.3, 0.4) is 0 Å². The molecule has 1 atom stereocenters. The van der Waals surface area contributed by atoms with Crippen LogP contribution in [-0.4, -0.2) is 72.4 Å². The fourth-order valence-electron chi connectivity index (χ4n) is 5.33. The number of piperidine rings is 2. The van der Waals surface area contributed by atoms with E-state index in [9.17, 15) is 9.90 Å². The van der Waals surface area contributed by atoms with E-state index in [0.717, 1.165) is 51.2 Å². The number of likely N-dealkylation sites (tertiary alicyclic amines) is 2. The van der Waals surface area contributed by atoms with Crippen molar-refractivity contribution >= 4 is 5.91 Å². The van der Waals surface area contributed by atoms with Crippen molar-refractivity contribution < 1.29 is 19.4 Å². The number of benzene rings is 1. The minimum absolute atomic E-state index is 0.00548. The number of methoxy groups -OCH3 is 1. The minimum Gasteiger partial charge on any atom is -0.497 e. The van der Waals surface area contributed by atoms with Crippen molar-refractivity contribution in [3.8, 4) is 11.5 Å². The summed E-state index contributed by atoms with van der Waals surface area (Å²) >= 11 is 0. The predicted octanol–water partition coefficient (Wildman–Crippen LogP) is 3.47. The number of hydrogen-bond acceptors (Lipinski definition) is 5. The molecule has 0 radical (unpaired) electrons. The number of rotatable bonds is 6. The molecule has 30 heavy (non-hydrogen) atoms. The van der Waals surface area contributed by atoms with E-state index >= 15 is 0 Å². The van der Waals surface area contributed by atoms with Crippen molar-refractivity contribution in [2.75, 3.05) is 33.4 Å². The summed E-state index contributed by atoms with van der Waals surface area (Å²) in [5.41, 5.74) is 0.549. The van der Waals surface area contributed by atoms with Crippen LogP contribution in [-0.2, 0) is 0 Å². The molecule has 6 nitrogen and oxygen atoms in total. The van der Waals surface area contributed by atoms with E-state index in [1.807, 2.05) is 17.0 Å². The van der Waals surface area contributed by atoms with Crippen molar-refractivity contribution in [2.45, 2.75) is 76.0 Å². The van der Waals surface area contributed by atoms with Gasteiger partial charge in [-0.2, -0.15) is 0 Å². The van der Waals surface area contributed by atoms with Crippen LogP contribution in [0.15, 0.2) is 18.2 Å². The molecule has 2 heterocycles. The molecule has 0 spiro atoms. The zero-order valence-electron chi connectivity index (χ0n) is 18.2. The van der Waals surface area contributed by atoms with Gasteiger partial charge in [-0.15, -0.1) is 0 Å². The highest BCUT2D eigenvalue weighted by molar-refractivity contribution is 5.97. The average Bonchev–Trinajstić information content (AvgIpc) is 3.34. The maximum atomic E-state index is 13.4. The molecule has 6 heteroatoms. The summed E-state index contributed by atoms with van der Waals surface area (Å²) < 4.78 is 11.8. The first-order valence-electron chi connectivity index (χ1n) is 11.7. The second kappa shape index (κ2) is 10.0. The van der Waals surface area contributed by atoms with Crippen molar-refractivity contribution in [3.05, 3.63) is 23.8 Å². The molecule has 1 aromatic rings. The lowest BCUT2D eigenvalue weighted by Crippen LogP contribution is -2.46. The Labute approximate surface area is 180 Å². The number of nitrogens with zero attached hydrogens (tertiary/aromatic N) is 2. The van der Waals surface area contributed by atoms with Gasteiger partial charge in [0.05, 0.1) is 25.3 Å². The van der Waals surface area contributed by atoms with Gasteiger partial charge in [0.15, 0.2) is 0 Å². The van der Waals surface area contributed by atoms with E-state index < -0.39 is 0 Å². The molecule has 3 fully saturated rings. The normalized spacial score (nSPS) is 24.2. The van der Waals surface area contributed by atoms with Crippen LogP contribution in [0.25, 0.3) is 0 Å². The molecular formula is C24H36N2O4. The van der Waals surface area contributed by atoms with Gasteiger partial charge in [-0.05, 0) is 63.1 Å². The number of aliphatic hydroxyl groups is 1. The monoisotopic (exact) mass is 416 g/mol. The number of ether oxygens (including phenoxy) is 2. The zero-order valence-corrected chi connectivity index (χ0v) is 18.2. The summed E-state index contributed by atoms with van der Waals surface area (Å²) in [6.07, 6.45) is 10.4. The van der Waals surface area contributed by atoms with Crippen LogP contribution in [0.1, 0.15) is 68.1 Å². The van der Waals surface area contributed by atoms with Crippen molar-refractivity contribution in [1.29, 1.82) is 0 Å². The standard InChI is InChI=1S/C24H36N2O4/c1-29-21-9-10-23(22(16-21)24(28)26-13-5-4-8-19(26)17-27)30-20-11-14-25(15-12-20)18-6-2-3-7-18/h9-10,16,18-20,27H,2-8,11-15,17H2,1H3/t19-/m1/s1. The first kappa shape index (κ1) is 21.4. The van der Waals surface area contributed by atoms with E-state index in [4.69, 9.17) is 9.47 Å². The number of carbonyl (C=O) groups excluding carboxylic acids is 1. The summed E-state index contributed by atoms with van der Waals surface area (Å²) in [5, 5.41) is 9.75. The summed E-state index contributed by atoms with van der Waals surface area (Å²) in [6.45, 7) is 2.84. The Morgan fingerprint density at radius 2 is 1.77 bits per heavy atom. The van der Waals surface area contributed by atoms with Crippen molar-refractivity contribution in [2.24, 2.45) is 0 Å². The van der Waals surface area contributed by atoms with E-state index in [0.29, 0.717) is 23.6 Å². The SMILES string of the molecule is COc1ccc(OC2CCN(C3CCCC3)CC2)c(C(=O)N2CCCC[C@@H]2CO)c1.